The zero-order valence-electron chi connectivity index (χ0n) is 14.1. The van der Waals surface area contributed by atoms with Crippen molar-refractivity contribution < 1.29 is 9.59 Å². The molecular formula is C20H24N2O2. The predicted octanol–water partition coefficient (Wildman–Crippen LogP) is 4.16. The van der Waals surface area contributed by atoms with Crippen molar-refractivity contribution in [1.29, 1.82) is 0 Å². The van der Waals surface area contributed by atoms with Crippen LogP contribution in [0.2, 0.25) is 0 Å². The lowest BCUT2D eigenvalue weighted by atomic mass is 9.72. The van der Waals surface area contributed by atoms with Crippen molar-refractivity contribution in [2.45, 2.75) is 51.0 Å². The molecule has 1 aromatic heterocycles. The summed E-state index contributed by atoms with van der Waals surface area (Å²) in [5.41, 5.74) is 2.79. The predicted molar refractivity (Wildman–Crippen MR) is 95.3 cm³/mol. The van der Waals surface area contributed by atoms with Crippen LogP contribution in [0, 0.1) is 0 Å². The number of amides is 1. The molecule has 1 aromatic carbocycles. The number of nitrogens with zero attached hydrogens (tertiary/aromatic N) is 1. The summed E-state index contributed by atoms with van der Waals surface area (Å²) in [5.74, 6) is 0.0494. The molecule has 1 N–H and O–H groups in total. The van der Waals surface area contributed by atoms with Gasteiger partial charge in [0.1, 0.15) is 0 Å². The van der Waals surface area contributed by atoms with E-state index < -0.39 is 0 Å². The molecule has 24 heavy (non-hydrogen) atoms. The van der Waals surface area contributed by atoms with Crippen molar-refractivity contribution >= 4 is 17.9 Å². The number of carbonyl (C=O) groups excluding carboxylic acids is 2. The van der Waals surface area contributed by atoms with E-state index in [2.05, 4.69) is 22.9 Å². The molecule has 126 valence electrons. The van der Waals surface area contributed by atoms with Crippen molar-refractivity contribution in [3.8, 4) is 0 Å². The first kappa shape index (κ1) is 16.5. The van der Waals surface area contributed by atoms with E-state index in [1.165, 1.54) is 5.69 Å². The van der Waals surface area contributed by atoms with Gasteiger partial charge < -0.3 is 9.88 Å². The van der Waals surface area contributed by atoms with Gasteiger partial charge in [-0.15, -0.1) is 0 Å². The van der Waals surface area contributed by atoms with Gasteiger partial charge in [-0.2, -0.15) is 0 Å². The molecule has 0 aliphatic carbocycles. The van der Waals surface area contributed by atoms with E-state index in [1.54, 1.807) is 0 Å². The molecule has 1 unspecified atom stereocenters. The molecule has 1 atom stereocenters. The van der Waals surface area contributed by atoms with Crippen LogP contribution in [-0.2, 0) is 16.8 Å². The number of aromatic nitrogens is 1. The lowest BCUT2D eigenvalue weighted by Gasteiger charge is -2.38. The molecule has 0 bridgehead atoms. The number of rotatable bonds is 6. The number of hydrogen-bond acceptors (Lipinski definition) is 2. The molecule has 3 rings (SSSR count). The average molecular weight is 324 g/mol. The summed E-state index contributed by atoms with van der Waals surface area (Å²) in [5, 5.41) is 2.96. The quantitative estimate of drug-likeness (QED) is 0.811. The summed E-state index contributed by atoms with van der Waals surface area (Å²) in [6, 6.07) is 13.5. The van der Waals surface area contributed by atoms with Gasteiger partial charge in [0, 0.05) is 29.8 Å². The van der Waals surface area contributed by atoms with E-state index in [0.717, 1.165) is 49.9 Å². The maximum Gasteiger partial charge on any atom is 0.224 e. The third-order valence-corrected chi connectivity index (χ3v) is 5.28. The second-order valence-corrected chi connectivity index (χ2v) is 6.56. The van der Waals surface area contributed by atoms with Crippen LogP contribution in [0.4, 0.5) is 5.69 Å². The Balaban J connectivity index is 1.72. The van der Waals surface area contributed by atoms with Crippen LogP contribution in [0.3, 0.4) is 0 Å². The normalized spacial score (nSPS) is 19.5. The lowest BCUT2D eigenvalue weighted by molar-refractivity contribution is -0.116. The summed E-state index contributed by atoms with van der Waals surface area (Å²) < 4.78 is 2.13. The molecular weight excluding hydrogens is 300 g/mol. The monoisotopic (exact) mass is 324 g/mol. The minimum absolute atomic E-state index is 0.00641. The Morgan fingerprint density at radius 2 is 2.04 bits per heavy atom. The largest absolute Gasteiger partial charge is 0.342 e. The van der Waals surface area contributed by atoms with E-state index >= 15 is 0 Å². The first-order valence-electron chi connectivity index (χ1n) is 8.68. The highest BCUT2D eigenvalue weighted by atomic mass is 16.1. The maximum absolute atomic E-state index is 12.3. The average Bonchev–Trinajstić information content (AvgIpc) is 3.05. The lowest BCUT2D eigenvalue weighted by Crippen LogP contribution is -2.34. The third kappa shape index (κ3) is 3.14. The number of anilines is 1. The smallest absolute Gasteiger partial charge is 0.224 e. The van der Waals surface area contributed by atoms with E-state index in [9.17, 15) is 9.59 Å². The van der Waals surface area contributed by atoms with Gasteiger partial charge in [0.25, 0.3) is 0 Å². The molecule has 1 amide bonds. The first-order chi connectivity index (χ1) is 11.7. The Morgan fingerprint density at radius 3 is 2.75 bits per heavy atom. The molecule has 0 saturated heterocycles. The molecule has 1 aliphatic rings. The van der Waals surface area contributed by atoms with Gasteiger partial charge in [0.15, 0.2) is 6.29 Å². The van der Waals surface area contributed by atoms with Crippen LogP contribution < -0.4 is 5.32 Å². The molecule has 4 heteroatoms. The van der Waals surface area contributed by atoms with Crippen molar-refractivity contribution in [3.05, 3.63) is 53.9 Å². The summed E-state index contributed by atoms with van der Waals surface area (Å²) in [6.07, 6.45) is 5.33. The second kappa shape index (κ2) is 7.04. The van der Waals surface area contributed by atoms with Crippen LogP contribution in [-0.4, -0.2) is 16.8 Å². The van der Waals surface area contributed by atoms with Crippen molar-refractivity contribution in [2.24, 2.45) is 0 Å². The van der Waals surface area contributed by atoms with Crippen LogP contribution in [0.5, 0.6) is 0 Å². The number of para-hydroxylation sites is 1. The number of hydrogen-bond donors (Lipinski definition) is 1. The van der Waals surface area contributed by atoms with Gasteiger partial charge in [0.2, 0.25) is 5.91 Å². The molecule has 2 aromatic rings. The van der Waals surface area contributed by atoms with Crippen LogP contribution in [0.15, 0.2) is 42.5 Å². The molecule has 0 fully saturated rings. The summed E-state index contributed by atoms with van der Waals surface area (Å²) >= 11 is 0. The molecule has 2 heterocycles. The number of carbonyl (C=O) groups is 2. The van der Waals surface area contributed by atoms with E-state index in [-0.39, 0.29) is 11.3 Å². The van der Waals surface area contributed by atoms with Crippen molar-refractivity contribution in [1.82, 2.24) is 4.57 Å². The first-order valence-corrected chi connectivity index (χ1v) is 8.68. The summed E-state index contributed by atoms with van der Waals surface area (Å²) in [7, 11) is 0. The molecule has 0 radical (unpaired) electrons. The Morgan fingerprint density at radius 1 is 1.25 bits per heavy atom. The zero-order chi connectivity index (χ0) is 17.0. The summed E-state index contributed by atoms with van der Waals surface area (Å²) in [4.78, 5) is 23.5. The van der Waals surface area contributed by atoms with Gasteiger partial charge >= 0.3 is 0 Å². The third-order valence-electron chi connectivity index (χ3n) is 5.28. The van der Waals surface area contributed by atoms with Crippen LogP contribution in [0.1, 0.15) is 55.2 Å². The van der Waals surface area contributed by atoms with Crippen molar-refractivity contribution in [2.75, 3.05) is 5.32 Å². The fourth-order valence-electron chi connectivity index (χ4n) is 3.89. The maximum atomic E-state index is 12.3. The fourth-order valence-corrected chi connectivity index (χ4v) is 3.89. The summed E-state index contributed by atoms with van der Waals surface area (Å²) in [6.45, 7) is 3.08. The Hall–Kier alpha value is -2.36. The van der Waals surface area contributed by atoms with Crippen LogP contribution in [0.25, 0.3) is 0 Å². The molecule has 0 spiro atoms. The number of aldehydes is 1. The topological polar surface area (TPSA) is 51.1 Å². The number of nitrogens with one attached hydrogen (secondary N) is 1. The van der Waals surface area contributed by atoms with Crippen molar-refractivity contribution in [3.63, 3.8) is 0 Å². The number of fused-ring (bicyclic) bond motifs is 1. The highest BCUT2D eigenvalue weighted by Gasteiger charge is 2.36. The van der Waals surface area contributed by atoms with Gasteiger partial charge in [-0.3, -0.25) is 9.59 Å². The highest BCUT2D eigenvalue weighted by Crippen LogP contribution is 2.41. The molecule has 4 nitrogen and oxygen atoms in total. The fraction of sp³-hybridized carbons (Fsp3) is 0.400. The van der Waals surface area contributed by atoms with Gasteiger partial charge in [-0.1, -0.05) is 25.1 Å². The van der Waals surface area contributed by atoms with Gasteiger partial charge in [-0.05, 0) is 49.9 Å². The molecule has 0 saturated carbocycles. The van der Waals surface area contributed by atoms with E-state index in [1.807, 2.05) is 36.4 Å². The van der Waals surface area contributed by atoms with E-state index in [4.69, 9.17) is 0 Å². The van der Waals surface area contributed by atoms with Gasteiger partial charge in [0.05, 0.1) is 5.69 Å². The SMILES string of the molecule is CCC1(CCC(=O)Nc2ccccc2)CCCn2c(C=O)ccc21. The minimum atomic E-state index is -0.00641. The highest BCUT2D eigenvalue weighted by molar-refractivity contribution is 5.90. The van der Waals surface area contributed by atoms with E-state index in [0.29, 0.717) is 6.42 Å². The Bertz CT molecular complexity index is 720. The van der Waals surface area contributed by atoms with Crippen LogP contribution >= 0.6 is 0 Å². The Kier molecular flexibility index (Phi) is 4.84. The number of benzene rings is 1. The Labute approximate surface area is 142 Å². The second-order valence-electron chi connectivity index (χ2n) is 6.56. The van der Waals surface area contributed by atoms with Gasteiger partial charge in [-0.25, -0.2) is 0 Å². The minimum Gasteiger partial charge on any atom is -0.342 e. The standard InChI is InChI=1S/C20H24N2O2/c1-2-20(12-6-14-22-17(15-23)9-10-18(20)22)13-11-19(24)21-16-7-4-3-5-8-16/h3-5,7-10,15H,2,6,11-14H2,1H3,(H,21,24). The molecule has 1 aliphatic heterocycles. The zero-order valence-corrected chi connectivity index (χ0v) is 14.1.